The number of para-hydroxylation sites is 2. The van der Waals surface area contributed by atoms with Crippen molar-refractivity contribution in [1.29, 1.82) is 0 Å². The first-order valence-corrected chi connectivity index (χ1v) is 7.05. The summed E-state index contributed by atoms with van der Waals surface area (Å²) < 4.78 is 11.6. The maximum Gasteiger partial charge on any atom is 0.236 e. The van der Waals surface area contributed by atoms with Crippen molar-refractivity contribution < 1.29 is 14.3 Å². The Morgan fingerprint density at radius 2 is 2.10 bits per heavy atom. The van der Waals surface area contributed by atoms with Crippen molar-refractivity contribution >= 4 is 18.3 Å². The Balaban J connectivity index is 0.00000220. The zero-order valence-corrected chi connectivity index (χ0v) is 13.3. The molecule has 0 aromatic heterocycles. The van der Waals surface area contributed by atoms with Gasteiger partial charge in [0.25, 0.3) is 0 Å². The van der Waals surface area contributed by atoms with E-state index < -0.39 is 0 Å². The first-order chi connectivity index (χ1) is 9.74. The average Bonchev–Trinajstić information content (AvgIpc) is 2.47. The molecule has 118 valence electrons. The number of nitrogens with one attached hydrogen (secondary N) is 1. The molecule has 0 aliphatic carbocycles. The lowest BCUT2D eigenvalue weighted by molar-refractivity contribution is -0.131. The molecule has 0 radical (unpaired) electrons. The number of amides is 1. The predicted octanol–water partition coefficient (Wildman–Crippen LogP) is 1.71. The number of likely N-dealkylation sites (N-methyl/N-ethyl adjacent to an activating group) is 1. The Morgan fingerprint density at radius 3 is 2.76 bits per heavy atom. The van der Waals surface area contributed by atoms with Gasteiger partial charge in [-0.3, -0.25) is 4.79 Å². The van der Waals surface area contributed by atoms with E-state index in [1.54, 1.807) is 7.05 Å². The van der Waals surface area contributed by atoms with E-state index in [0.29, 0.717) is 19.7 Å². The van der Waals surface area contributed by atoms with E-state index in [9.17, 15) is 4.79 Å². The molecule has 1 atom stereocenters. The molecular weight excluding hydrogens is 292 g/mol. The summed E-state index contributed by atoms with van der Waals surface area (Å²) in [4.78, 5) is 13.9. The highest BCUT2D eigenvalue weighted by Gasteiger charge is 2.24. The molecule has 6 heteroatoms. The molecule has 5 nitrogen and oxygen atoms in total. The maximum absolute atomic E-state index is 12.0. The molecule has 0 bridgehead atoms. The lowest BCUT2D eigenvalue weighted by Gasteiger charge is -2.31. The van der Waals surface area contributed by atoms with Crippen LogP contribution >= 0.6 is 12.4 Å². The smallest absolute Gasteiger partial charge is 0.236 e. The molecule has 1 N–H and O–H groups in total. The van der Waals surface area contributed by atoms with Gasteiger partial charge in [-0.15, -0.1) is 12.4 Å². The number of hydrogen-bond donors (Lipinski definition) is 1. The number of benzene rings is 1. The van der Waals surface area contributed by atoms with E-state index in [1.807, 2.05) is 29.2 Å². The van der Waals surface area contributed by atoms with Gasteiger partial charge in [0.05, 0.1) is 13.1 Å². The third kappa shape index (κ3) is 4.79. The number of hydrogen-bond acceptors (Lipinski definition) is 4. The Bertz CT molecular complexity index is 456. The van der Waals surface area contributed by atoms with Gasteiger partial charge in [0.15, 0.2) is 17.6 Å². The van der Waals surface area contributed by atoms with E-state index in [2.05, 4.69) is 12.2 Å². The molecule has 1 aromatic carbocycles. The normalized spacial score (nSPS) is 16.0. The Labute approximate surface area is 132 Å². The minimum absolute atomic E-state index is 0. The maximum atomic E-state index is 12.0. The molecular formula is C15H23ClN2O3. The Kier molecular flexibility index (Phi) is 7.32. The van der Waals surface area contributed by atoms with Crippen LogP contribution in [0.5, 0.6) is 11.5 Å². The summed E-state index contributed by atoms with van der Waals surface area (Å²) in [5.74, 6) is 1.62. The van der Waals surface area contributed by atoms with Gasteiger partial charge in [-0.05, 0) is 25.6 Å². The largest absolute Gasteiger partial charge is 0.486 e. The summed E-state index contributed by atoms with van der Waals surface area (Å²) in [6.07, 6.45) is 0.817. The van der Waals surface area contributed by atoms with Crippen molar-refractivity contribution in [3.05, 3.63) is 24.3 Å². The number of ether oxygens (including phenoxy) is 2. The van der Waals surface area contributed by atoms with Gasteiger partial charge in [0, 0.05) is 6.54 Å². The van der Waals surface area contributed by atoms with Gasteiger partial charge in [0.1, 0.15) is 6.61 Å². The van der Waals surface area contributed by atoms with Crippen molar-refractivity contribution in [2.75, 3.05) is 33.3 Å². The Morgan fingerprint density at radius 1 is 1.38 bits per heavy atom. The first kappa shape index (κ1) is 17.6. The molecule has 0 fully saturated rings. The third-order valence-corrected chi connectivity index (χ3v) is 3.17. The molecule has 1 heterocycles. The highest BCUT2D eigenvalue weighted by molar-refractivity contribution is 5.85. The summed E-state index contributed by atoms with van der Waals surface area (Å²) in [7, 11) is 1.78. The number of carbonyl (C=O) groups excluding carboxylic acids is 1. The van der Waals surface area contributed by atoms with Crippen LogP contribution in [0.3, 0.4) is 0 Å². The summed E-state index contributed by atoms with van der Waals surface area (Å²) in [6.45, 7) is 4.19. The molecule has 1 aliphatic heterocycles. The van der Waals surface area contributed by atoms with Crippen molar-refractivity contribution in [2.45, 2.75) is 19.4 Å². The fraction of sp³-hybridized carbons (Fsp3) is 0.533. The lowest BCUT2D eigenvalue weighted by atomic mass is 10.2. The fourth-order valence-corrected chi connectivity index (χ4v) is 2.25. The van der Waals surface area contributed by atoms with E-state index in [1.165, 1.54) is 0 Å². The van der Waals surface area contributed by atoms with Crippen LogP contribution in [0.2, 0.25) is 0 Å². The molecule has 0 saturated heterocycles. The molecule has 0 saturated carbocycles. The second-order valence-corrected chi connectivity index (χ2v) is 4.87. The molecule has 1 unspecified atom stereocenters. The summed E-state index contributed by atoms with van der Waals surface area (Å²) in [5.41, 5.74) is 0. The van der Waals surface area contributed by atoms with Crippen LogP contribution in [-0.2, 0) is 4.79 Å². The van der Waals surface area contributed by atoms with E-state index in [4.69, 9.17) is 9.47 Å². The van der Waals surface area contributed by atoms with E-state index in [-0.39, 0.29) is 24.4 Å². The number of rotatable bonds is 6. The van der Waals surface area contributed by atoms with Crippen LogP contribution in [0.15, 0.2) is 24.3 Å². The van der Waals surface area contributed by atoms with Crippen molar-refractivity contribution in [2.24, 2.45) is 0 Å². The predicted molar refractivity (Wildman–Crippen MR) is 84.4 cm³/mol. The van der Waals surface area contributed by atoms with Gasteiger partial charge < -0.3 is 19.7 Å². The molecule has 0 spiro atoms. The summed E-state index contributed by atoms with van der Waals surface area (Å²) in [5, 5.41) is 2.90. The monoisotopic (exact) mass is 314 g/mol. The molecule has 1 aromatic rings. The highest BCUT2D eigenvalue weighted by Crippen LogP contribution is 2.30. The van der Waals surface area contributed by atoms with E-state index in [0.717, 1.165) is 24.5 Å². The van der Waals surface area contributed by atoms with Crippen LogP contribution in [0.1, 0.15) is 13.3 Å². The van der Waals surface area contributed by atoms with Crippen LogP contribution in [-0.4, -0.2) is 50.2 Å². The Hall–Kier alpha value is -1.46. The quantitative estimate of drug-likeness (QED) is 0.868. The SMILES string of the molecule is CCCN(CC1COc2ccccc2O1)C(=O)CNC.Cl. The standard InChI is InChI=1S/C15H22N2O3.ClH/c1-3-8-17(15(18)9-16-2)10-12-11-19-13-6-4-5-7-14(13)20-12;/h4-7,12,16H,3,8-11H2,1-2H3;1H. The molecule has 1 aliphatic rings. The minimum atomic E-state index is -0.114. The van der Waals surface area contributed by atoms with Crippen LogP contribution < -0.4 is 14.8 Å². The van der Waals surface area contributed by atoms with Gasteiger partial charge in [-0.1, -0.05) is 19.1 Å². The van der Waals surface area contributed by atoms with Crippen molar-refractivity contribution in [3.8, 4) is 11.5 Å². The van der Waals surface area contributed by atoms with Crippen LogP contribution in [0, 0.1) is 0 Å². The van der Waals surface area contributed by atoms with Crippen molar-refractivity contribution in [3.63, 3.8) is 0 Å². The second-order valence-electron chi connectivity index (χ2n) is 4.87. The topological polar surface area (TPSA) is 50.8 Å². The zero-order chi connectivity index (χ0) is 14.4. The molecule has 21 heavy (non-hydrogen) atoms. The van der Waals surface area contributed by atoms with Gasteiger partial charge in [-0.2, -0.15) is 0 Å². The van der Waals surface area contributed by atoms with E-state index >= 15 is 0 Å². The summed E-state index contributed by atoms with van der Waals surface area (Å²) in [6, 6.07) is 7.62. The van der Waals surface area contributed by atoms with Gasteiger partial charge in [0.2, 0.25) is 5.91 Å². The number of fused-ring (bicyclic) bond motifs is 1. The zero-order valence-electron chi connectivity index (χ0n) is 12.5. The van der Waals surface area contributed by atoms with Crippen LogP contribution in [0.4, 0.5) is 0 Å². The first-order valence-electron chi connectivity index (χ1n) is 7.05. The average molecular weight is 315 g/mol. The van der Waals surface area contributed by atoms with Gasteiger partial charge >= 0.3 is 0 Å². The molecule has 2 rings (SSSR count). The van der Waals surface area contributed by atoms with Crippen molar-refractivity contribution in [1.82, 2.24) is 10.2 Å². The minimum Gasteiger partial charge on any atom is -0.486 e. The number of carbonyl (C=O) groups is 1. The van der Waals surface area contributed by atoms with Gasteiger partial charge in [-0.25, -0.2) is 0 Å². The molecule has 1 amide bonds. The lowest BCUT2D eigenvalue weighted by Crippen LogP contribution is -2.46. The number of halogens is 1. The summed E-state index contributed by atoms with van der Waals surface area (Å²) >= 11 is 0. The van der Waals surface area contributed by atoms with Crippen LogP contribution in [0.25, 0.3) is 0 Å². The highest BCUT2D eigenvalue weighted by atomic mass is 35.5. The third-order valence-electron chi connectivity index (χ3n) is 3.17. The second kappa shape index (κ2) is 8.74. The number of nitrogens with zero attached hydrogens (tertiary/aromatic N) is 1. The fourth-order valence-electron chi connectivity index (χ4n) is 2.25.